The highest BCUT2D eigenvalue weighted by atomic mass is 15.1. The Labute approximate surface area is 107 Å². The Balaban J connectivity index is 1.86. The number of pyridine rings is 1. The summed E-state index contributed by atoms with van der Waals surface area (Å²) in [4.78, 5) is 8.69. The third-order valence-electron chi connectivity index (χ3n) is 2.61. The fourth-order valence-corrected chi connectivity index (χ4v) is 1.71. The maximum Gasteiger partial charge on any atom is 0.188 e. The quantitative estimate of drug-likeness (QED) is 0.614. The van der Waals surface area contributed by atoms with Gasteiger partial charge in [0.05, 0.1) is 5.69 Å². The van der Waals surface area contributed by atoms with E-state index in [1.165, 1.54) is 0 Å². The molecule has 18 heavy (non-hydrogen) atoms. The summed E-state index contributed by atoms with van der Waals surface area (Å²) in [5.41, 5.74) is 7.74. The molecular formula is C13H19N5. The molecule has 5 nitrogen and oxygen atoms in total. The van der Waals surface area contributed by atoms with Crippen LogP contribution in [0.1, 0.15) is 19.0 Å². The molecule has 2 heterocycles. The Morgan fingerprint density at radius 2 is 2.39 bits per heavy atom. The minimum absolute atomic E-state index is 0.514. The van der Waals surface area contributed by atoms with Crippen molar-refractivity contribution in [1.29, 1.82) is 0 Å². The molecule has 2 aromatic rings. The Bertz CT molecular complexity index is 496. The zero-order valence-electron chi connectivity index (χ0n) is 10.6. The Morgan fingerprint density at radius 3 is 3.17 bits per heavy atom. The first-order valence-electron chi connectivity index (χ1n) is 6.26. The van der Waals surface area contributed by atoms with E-state index in [-0.39, 0.29) is 0 Å². The van der Waals surface area contributed by atoms with Crippen LogP contribution in [0.5, 0.6) is 0 Å². The fraction of sp³-hybridized carbons (Fsp3) is 0.385. The molecule has 0 aromatic carbocycles. The highest BCUT2D eigenvalue weighted by molar-refractivity contribution is 5.77. The highest BCUT2D eigenvalue weighted by Crippen LogP contribution is 2.04. The number of aliphatic imine (C=N–C) groups is 1. The summed E-state index contributed by atoms with van der Waals surface area (Å²) in [5, 5.41) is 3.09. The van der Waals surface area contributed by atoms with E-state index in [1.54, 1.807) is 0 Å². The maximum absolute atomic E-state index is 5.71. The third kappa shape index (κ3) is 3.23. The molecule has 0 saturated carbocycles. The molecule has 0 amide bonds. The number of aromatic nitrogens is 2. The Hall–Kier alpha value is -2.04. The van der Waals surface area contributed by atoms with Crippen molar-refractivity contribution in [3.05, 3.63) is 36.3 Å². The van der Waals surface area contributed by atoms with Gasteiger partial charge in [-0.15, -0.1) is 0 Å². The van der Waals surface area contributed by atoms with Gasteiger partial charge < -0.3 is 15.5 Å². The first kappa shape index (κ1) is 12.4. The van der Waals surface area contributed by atoms with E-state index in [4.69, 9.17) is 5.73 Å². The summed E-state index contributed by atoms with van der Waals surface area (Å²) >= 11 is 0. The first-order valence-corrected chi connectivity index (χ1v) is 6.26. The van der Waals surface area contributed by atoms with Crippen LogP contribution < -0.4 is 11.1 Å². The predicted octanol–water partition coefficient (Wildman–Crippen LogP) is 1.19. The molecule has 3 N–H and O–H groups in total. The zero-order valence-corrected chi connectivity index (χ0v) is 10.6. The van der Waals surface area contributed by atoms with Gasteiger partial charge in [-0.2, -0.15) is 0 Å². The molecule has 0 atom stereocenters. The van der Waals surface area contributed by atoms with Crippen molar-refractivity contribution in [2.45, 2.75) is 19.8 Å². The largest absolute Gasteiger partial charge is 0.370 e. The molecule has 96 valence electrons. The van der Waals surface area contributed by atoms with Crippen LogP contribution in [0.4, 0.5) is 0 Å². The summed E-state index contributed by atoms with van der Waals surface area (Å²) in [5.74, 6) is 0.514. The lowest BCUT2D eigenvalue weighted by atomic mass is 10.3. The third-order valence-corrected chi connectivity index (χ3v) is 2.61. The molecule has 0 spiro atoms. The molecule has 0 unspecified atom stereocenters. The molecule has 0 radical (unpaired) electrons. The van der Waals surface area contributed by atoms with Crippen molar-refractivity contribution in [2.75, 3.05) is 13.1 Å². The van der Waals surface area contributed by atoms with E-state index in [0.717, 1.165) is 37.3 Å². The summed E-state index contributed by atoms with van der Waals surface area (Å²) in [6.45, 7) is 3.60. The summed E-state index contributed by atoms with van der Waals surface area (Å²) in [6, 6.07) is 5.97. The molecule has 2 aromatic heterocycles. The van der Waals surface area contributed by atoms with Gasteiger partial charge in [-0.05, 0) is 18.6 Å². The Kier molecular flexibility index (Phi) is 4.17. The molecule has 0 saturated heterocycles. The number of fused-ring (bicyclic) bond motifs is 1. The number of guanidine groups is 1. The van der Waals surface area contributed by atoms with Crippen molar-refractivity contribution in [2.24, 2.45) is 10.7 Å². The standard InChI is InChI=1S/C13H19N5/c1-2-7-15-13(14)16-8-6-11-10-18-9-4-3-5-12(18)17-11/h3-5,9-10H,2,6-8H2,1H3,(H3,14,15,16). The molecule has 0 aliphatic carbocycles. The van der Waals surface area contributed by atoms with Crippen LogP contribution >= 0.6 is 0 Å². The van der Waals surface area contributed by atoms with E-state index < -0.39 is 0 Å². The topological polar surface area (TPSA) is 67.7 Å². The molecule has 0 fully saturated rings. The first-order chi connectivity index (χ1) is 8.79. The van der Waals surface area contributed by atoms with E-state index in [1.807, 2.05) is 35.0 Å². The van der Waals surface area contributed by atoms with Gasteiger partial charge in [0.2, 0.25) is 0 Å². The second-order valence-electron chi connectivity index (χ2n) is 4.14. The molecule has 5 heteroatoms. The number of nitrogens with one attached hydrogen (secondary N) is 1. The van der Waals surface area contributed by atoms with Gasteiger partial charge in [0.1, 0.15) is 5.65 Å². The van der Waals surface area contributed by atoms with Gasteiger partial charge in [-0.1, -0.05) is 13.0 Å². The normalized spacial score (nSPS) is 11.9. The van der Waals surface area contributed by atoms with Crippen molar-refractivity contribution in [3.63, 3.8) is 0 Å². The number of imidazole rings is 1. The van der Waals surface area contributed by atoms with Crippen LogP contribution in [-0.4, -0.2) is 28.4 Å². The lowest BCUT2D eigenvalue weighted by Gasteiger charge is -2.03. The van der Waals surface area contributed by atoms with Crippen LogP contribution in [0.3, 0.4) is 0 Å². The van der Waals surface area contributed by atoms with Gasteiger partial charge in [0, 0.05) is 31.9 Å². The molecular weight excluding hydrogens is 226 g/mol. The van der Waals surface area contributed by atoms with E-state index >= 15 is 0 Å². The summed E-state index contributed by atoms with van der Waals surface area (Å²) < 4.78 is 2.02. The van der Waals surface area contributed by atoms with Crippen LogP contribution in [-0.2, 0) is 6.42 Å². The van der Waals surface area contributed by atoms with Crippen LogP contribution in [0.15, 0.2) is 35.6 Å². The van der Waals surface area contributed by atoms with Crippen molar-refractivity contribution in [1.82, 2.24) is 14.7 Å². The molecule has 0 aliphatic rings. The average molecular weight is 245 g/mol. The van der Waals surface area contributed by atoms with E-state index in [9.17, 15) is 0 Å². The second kappa shape index (κ2) is 6.05. The SMILES string of the molecule is CCCN=C(N)NCCc1cn2ccccc2n1. The van der Waals surface area contributed by atoms with Gasteiger partial charge in [-0.25, -0.2) is 4.98 Å². The van der Waals surface area contributed by atoms with E-state index in [0.29, 0.717) is 5.96 Å². The predicted molar refractivity (Wildman–Crippen MR) is 73.7 cm³/mol. The minimum atomic E-state index is 0.514. The van der Waals surface area contributed by atoms with Gasteiger partial charge >= 0.3 is 0 Å². The Morgan fingerprint density at radius 1 is 1.50 bits per heavy atom. The highest BCUT2D eigenvalue weighted by Gasteiger charge is 2.00. The van der Waals surface area contributed by atoms with Gasteiger partial charge in [0.25, 0.3) is 0 Å². The molecule has 0 aliphatic heterocycles. The lowest BCUT2D eigenvalue weighted by molar-refractivity contribution is 0.827. The maximum atomic E-state index is 5.71. The zero-order chi connectivity index (χ0) is 12.8. The summed E-state index contributed by atoms with van der Waals surface area (Å²) in [6.07, 6.45) is 5.88. The van der Waals surface area contributed by atoms with Crippen LogP contribution in [0.25, 0.3) is 5.65 Å². The van der Waals surface area contributed by atoms with Crippen molar-refractivity contribution < 1.29 is 0 Å². The van der Waals surface area contributed by atoms with Gasteiger partial charge in [0.15, 0.2) is 5.96 Å². The van der Waals surface area contributed by atoms with Crippen LogP contribution in [0.2, 0.25) is 0 Å². The monoisotopic (exact) mass is 245 g/mol. The number of hydrogen-bond donors (Lipinski definition) is 2. The van der Waals surface area contributed by atoms with Gasteiger partial charge in [-0.3, -0.25) is 4.99 Å². The number of nitrogens with zero attached hydrogens (tertiary/aromatic N) is 3. The van der Waals surface area contributed by atoms with Crippen molar-refractivity contribution >= 4 is 11.6 Å². The second-order valence-corrected chi connectivity index (χ2v) is 4.14. The van der Waals surface area contributed by atoms with E-state index in [2.05, 4.69) is 22.2 Å². The lowest BCUT2D eigenvalue weighted by Crippen LogP contribution is -2.33. The smallest absolute Gasteiger partial charge is 0.188 e. The number of hydrogen-bond acceptors (Lipinski definition) is 2. The van der Waals surface area contributed by atoms with Crippen LogP contribution in [0, 0.1) is 0 Å². The number of nitrogens with two attached hydrogens (primary N) is 1. The van der Waals surface area contributed by atoms with Crippen molar-refractivity contribution in [3.8, 4) is 0 Å². The average Bonchev–Trinajstić information content (AvgIpc) is 2.79. The summed E-state index contributed by atoms with van der Waals surface area (Å²) in [7, 11) is 0. The number of rotatable bonds is 5. The molecule has 0 bridgehead atoms. The molecule has 2 rings (SSSR count). The fourth-order valence-electron chi connectivity index (χ4n) is 1.71. The minimum Gasteiger partial charge on any atom is -0.370 e.